The van der Waals surface area contributed by atoms with Crippen LogP contribution in [-0.4, -0.2) is 6.04 Å². The van der Waals surface area contributed by atoms with Crippen molar-refractivity contribution in [1.82, 2.24) is 5.32 Å². The van der Waals surface area contributed by atoms with E-state index in [2.05, 4.69) is 60.9 Å². The van der Waals surface area contributed by atoms with Crippen LogP contribution in [-0.2, 0) is 13.0 Å². The van der Waals surface area contributed by atoms with Gasteiger partial charge in [-0.2, -0.15) is 0 Å². The van der Waals surface area contributed by atoms with E-state index in [9.17, 15) is 0 Å². The van der Waals surface area contributed by atoms with Crippen LogP contribution in [0.4, 0.5) is 0 Å². The fourth-order valence-electron chi connectivity index (χ4n) is 1.90. The normalized spacial score (nSPS) is 12.6. The van der Waals surface area contributed by atoms with Crippen molar-refractivity contribution in [2.24, 2.45) is 0 Å². The number of rotatable bonds is 5. The van der Waals surface area contributed by atoms with Crippen LogP contribution in [0, 0.1) is 6.92 Å². The summed E-state index contributed by atoms with van der Waals surface area (Å²) in [5, 5.41) is 5.73. The molecule has 1 aromatic heterocycles. The number of thiophene rings is 1. The highest BCUT2D eigenvalue weighted by Gasteiger charge is 2.04. The van der Waals surface area contributed by atoms with Crippen molar-refractivity contribution in [3.8, 4) is 0 Å². The van der Waals surface area contributed by atoms with Gasteiger partial charge in [-0.3, -0.25) is 0 Å². The third-order valence-electron chi connectivity index (χ3n) is 2.99. The molecule has 1 heterocycles. The summed E-state index contributed by atoms with van der Waals surface area (Å²) in [4.78, 5) is 1.45. The predicted molar refractivity (Wildman–Crippen MR) is 75.5 cm³/mol. The molecule has 17 heavy (non-hydrogen) atoms. The summed E-state index contributed by atoms with van der Waals surface area (Å²) in [6.07, 6.45) is 1.11. The maximum absolute atomic E-state index is 3.58. The van der Waals surface area contributed by atoms with Gasteiger partial charge in [-0.1, -0.05) is 30.3 Å². The monoisotopic (exact) mass is 245 g/mol. The van der Waals surface area contributed by atoms with Crippen LogP contribution < -0.4 is 5.32 Å². The van der Waals surface area contributed by atoms with E-state index in [0.29, 0.717) is 6.04 Å². The van der Waals surface area contributed by atoms with Crippen LogP contribution in [0.1, 0.15) is 22.9 Å². The topological polar surface area (TPSA) is 12.0 Å². The van der Waals surface area contributed by atoms with E-state index in [1.54, 1.807) is 0 Å². The molecule has 0 radical (unpaired) electrons. The quantitative estimate of drug-likeness (QED) is 0.845. The Morgan fingerprint density at radius 1 is 1.18 bits per heavy atom. The van der Waals surface area contributed by atoms with Gasteiger partial charge in [0.15, 0.2) is 0 Å². The molecule has 1 unspecified atom stereocenters. The van der Waals surface area contributed by atoms with Crippen molar-refractivity contribution in [2.75, 3.05) is 0 Å². The van der Waals surface area contributed by atoms with E-state index < -0.39 is 0 Å². The minimum Gasteiger partial charge on any atom is -0.310 e. The van der Waals surface area contributed by atoms with Gasteiger partial charge in [0.2, 0.25) is 0 Å². The maximum atomic E-state index is 3.58. The van der Waals surface area contributed by atoms with Crippen LogP contribution in [0.25, 0.3) is 0 Å². The minimum absolute atomic E-state index is 0.522. The van der Waals surface area contributed by atoms with E-state index in [1.807, 2.05) is 11.3 Å². The lowest BCUT2D eigenvalue weighted by molar-refractivity contribution is 0.547. The molecule has 0 spiro atoms. The standard InChI is InChI=1S/C15H19NS/c1-12-6-3-4-7-14(12)11-16-13(2)10-15-8-5-9-17-15/h3-9,13,16H,10-11H2,1-2H3. The summed E-state index contributed by atoms with van der Waals surface area (Å²) in [5.74, 6) is 0. The molecule has 1 atom stereocenters. The van der Waals surface area contributed by atoms with Gasteiger partial charge in [0, 0.05) is 17.5 Å². The van der Waals surface area contributed by atoms with Gasteiger partial charge in [0.25, 0.3) is 0 Å². The average molecular weight is 245 g/mol. The molecule has 0 bridgehead atoms. The van der Waals surface area contributed by atoms with Gasteiger partial charge in [0.1, 0.15) is 0 Å². The lowest BCUT2D eigenvalue weighted by atomic mass is 10.1. The first-order chi connectivity index (χ1) is 8.25. The highest BCUT2D eigenvalue weighted by Crippen LogP contribution is 2.12. The molecule has 0 aliphatic heterocycles. The lowest BCUT2D eigenvalue weighted by Gasteiger charge is -2.14. The van der Waals surface area contributed by atoms with Crippen molar-refractivity contribution >= 4 is 11.3 Å². The summed E-state index contributed by atoms with van der Waals surface area (Å²) in [7, 11) is 0. The Labute approximate surface area is 108 Å². The van der Waals surface area contributed by atoms with Crippen LogP contribution >= 0.6 is 11.3 Å². The zero-order chi connectivity index (χ0) is 12.1. The van der Waals surface area contributed by atoms with E-state index in [0.717, 1.165) is 13.0 Å². The van der Waals surface area contributed by atoms with Crippen molar-refractivity contribution < 1.29 is 0 Å². The molecule has 1 nitrogen and oxygen atoms in total. The molecule has 2 heteroatoms. The summed E-state index contributed by atoms with van der Waals surface area (Å²) >= 11 is 1.84. The fourth-order valence-corrected chi connectivity index (χ4v) is 2.73. The van der Waals surface area contributed by atoms with Crippen molar-refractivity contribution in [2.45, 2.75) is 32.9 Å². The Balaban J connectivity index is 1.84. The van der Waals surface area contributed by atoms with Gasteiger partial charge in [-0.05, 0) is 42.8 Å². The molecular weight excluding hydrogens is 226 g/mol. The van der Waals surface area contributed by atoms with E-state index in [4.69, 9.17) is 0 Å². The second-order valence-electron chi connectivity index (χ2n) is 4.49. The fraction of sp³-hybridized carbons (Fsp3) is 0.333. The Hall–Kier alpha value is -1.12. The minimum atomic E-state index is 0.522. The van der Waals surface area contributed by atoms with E-state index in [-0.39, 0.29) is 0 Å². The largest absolute Gasteiger partial charge is 0.310 e. The van der Waals surface area contributed by atoms with Gasteiger partial charge >= 0.3 is 0 Å². The second kappa shape index (κ2) is 5.99. The molecular formula is C15H19NS. The summed E-state index contributed by atoms with van der Waals surface area (Å²) in [6.45, 7) is 5.37. The molecule has 0 fully saturated rings. The van der Waals surface area contributed by atoms with E-state index in [1.165, 1.54) is 16.0 Å². The Bertz CT molecular complexity index is 448. The Morgan fingerprint density at radius 2 is 2.00 bits per heavy atom. The Kier molecular flexibility index (Phi) is 4.35. The smallest absolute Gasteiger partial charge is 0.0210 e. The highest BCUT2D eigenvalue weighted by atomic mass is 32.1. The zero-order valence-corrected chi connectivity index (χ0v) is 11.3. The number of nitrogens with one attached hydrogen (secondary N) is 1. The first-order valence-electron chi connectivity index (χ1n) is 6.06. The Morgan fingerprint density at radius 3 is 2.71 bits per heavy atom. The molecule has 0 saturated heterocycles. The first kappa shape index (κ1) is 12.3. The number of hydrogen-bond donors (Lipinski definition) is 1. The lowest BCUT2D eigenvalue weighted by Crippen LogP contribution is -2.27. The zero-order valence-electron chi connectivity index (χ0n) is 10.4. The number of hydrogen-bond acceptors (Lipinski definition) is 2. The summed E-state index contributed by atoms with van der Waals surface area (Å²) < 4.78 is 0. The molecule has 0 aliphatic rings. The SMILES string of the molecule is Cc1ccccc1CNC(C)Cc1cccs1. The molecule has 90 valence electrons. The van der Waals surface area contributed by atoms with Crippen LogP contribution in [0.2, 0.25) is 0 Å². The van der Waals surface area contributed by atoms with Gasteiger partial charge in [-0.15, -0.1) is 11.3 Å². The molecule has 0 aliphatic carbocycles. The molecule has 0 amide bonds. The third-order valence-corrected chi connectivity index (χ3v) is 3.89. The van der Waals surface area contributed by atoms with Gasteiger partial charge in [0.05, 0.1) is 0 Å². The summed E-state index contributed by atoms with van der Waals surface area (Å²) in [6, 6.07) is 13.4. The summed E-state index contributed by atoms with van der Waals surface area (Å²) in [5.41, 5.74) is 2.76. The first-order valence-corrected chi connectivity index (χ1v) is 6.94. The third kappa shape index (κ3) is 3.69. The molecule has 2 aromatic rings. The average Bonchev–Trinajstić information content (AvgIpc) is 2.81. The number of aryl methyl sites for hydroxylation is 1. The van der Waals surface area contributed by atoms with Crippen LogP contribution in [0.5, 0.6) is 0 Å². The number of benzene rings is 1. The van der Waals surface area contributed by atoms with Crippen molar-refractivity contribution in [3.05, 3.63) is 57.8 Å². The van der Waals surface area contributed by atoms with Crippen molar-refractivity contribution in [1.29, 1.82) is 0 Å². The van der Waals surface area contributed by atoms with Gasteiger partial charge in [-0.25, -0.2) is 0 Å². The highest BCUT2D eigenvalue weighted by molar-refractivity contribution is 7.09. The van der Waals surface area contributed by atoms with Crippen molar-refractivity contribution in [3.63, 3.8) is 0 Å². The van der Waals surface area contributed by atoms with Crippen LogP contribution in [0.15, 0.2) is 41.8 Å². The molecule has 1 aromatic carbocycles. The van der Waals surface area contributed by atoms with Gasteiger partial charge < -0.3 is 5.32 Å². The van der Waals surface area contributed by atoms with E-state index >= 15 is 0 Å². The predicted octanol–water partition coefficient (Wildman–Crippen LogP) is 3.78. The molecule has 2 rings (SSSR count). The second-order valence-corrected chi connectivity index (χ2v) is 5.52. The van der Waals surface area contributed by atoms with Crippen LogP contribution in [0.3, 0.4) is 0 Å². The maximum Gasteiger partial charge on any atom is 0.0210 e. The molecule has 0 saturated carbocycles. The molecule has 1 N–H and O–H groups in total.